The molecule has 1 aromatic heterocycles. The van der Waals surface area contributed by atoms with Crippen LogP contribution >= 0.6 is 11.3 Å². The first kappa shape index (κ1) is 18.8. The van der Waals surface area contributed by atoms with Gasteiger partial charge in [-0.1, -0.05) is 58.9 Å². The van der Waals surface area contributed by atoms with Crippen molar-refractivity contribution in [3.63, 3.8) is 0 Å². The Morgan fingerprint density at radius 3 is 2.42 bits per heavy atom. The van der Waals surface area contributed by atoms with Gasteiger partial charge >= 0.3 is 0 Å². The Labute approximate surface area is 160 Å². The van der Waals surface area contributed by atoms with Crippen molar-refractivity contribution in [3.05, 3.63) is 64.1 Å². The predicted molar refractivity (Wildman–Crippen MR) is 109 cm³/mol. The summed E-state index contributed by atoms with van der Waals surface area (Å²) in [6, 6.07) is 8.14. The van der Waals surface area contributed by atoms with Crippen LogP contribution in [0, 0.1) is 5.92 Å². The molecule has 0 radical (unpaired) electrons. The summed E-state index contributed by atoms with van der Waals surface area (Å²) >= 11 is 1.61. The lowest BCUT2D eigenvalue weighted by atomic mass is 9.86. The van der Waals surface area contributed by atoms with E-state index in [9.17, 15) is 4.79 Å². The zero-order chi connectivity index (χ0) is 18.9. The fraction of sp³-hybridized carbons (Fsp3) is 0.455. The highest BCUT2D eigenvalue weighted by molar-refractivity contribution is 7.09. The molecule has 0 N–H and O–H groups in total. The van der Waals surface area contributed by atoms with Gasteiger partial charge in [0.25, 0.3) is 5.91 Å². The molecule has 2 heterocycles. The molecule has 26 heavy (non-hydrogen) atoms. The van der Waals surface area contributed by atoms with E-state index < -0.39 is 0 Å². The average Bonchev–Trinajstić information content (AvgIpc) is 3.22. The van der Waals surface area contributed by atoms with Crippen molar-refractivity contribution in [2.24, 2.45) is 5.92 Å². The number of carbonyl (C=O) groups is 1. The van der Waals surface area contributed by atoms with E-state index in [0.717, 1.165) is 17.0 Å². The van der Waals surface area contributed by atoms with Crippen LogP contribution in [0.1, 0.15) is 68.0 Å². The number of rotatable bonds is 4. The molecule has 2 atom stereocenters. The minimum Gasteiger partial charge on any atom is -0.319 e. The Morgan fingerprint density at radius 2 is 1.88 bits per heavy atom. The number of aromatic nitrogens is 1. The van der Waals surface area contributed by atoms with E-state index in [4.69, 9.17) is 0 Å². The summed E-state index contributed by atoms with van der Waals surface area (Å²) in [6.07, 6.45) is 7.08. The van der Waals surface area contributed by atoms with E-state index in [2.05, 4.69) is 63.9 Å². The number of carbonyl (C=O) groups excluding carboxylic acids is 1. The quantitative estimate of drug-likeness (QED) is 0.657. The molecule has 0 saturated carbocycles. The maximum atomic E-state index is 13.4. The molecule has 138 valence electrons. The van der Waals surface area contributed by atoms with Crippen LogP contribution in [0.3, 0.4) is 0 Å². The number of hydrogen-bond acceptors (Lipinski definition) is 3. The highest BCUT2D eigenvalue weighted by Gasteiger charge is 2.35. The standard InChI is InChI=1S/C22H28N2OS/c1-15(2)14-18-10-11-19(20-23-12-13-26-20)24(18)21(25)16-6-8-17(9-7-16)22(3,4)5/h6-13,15,18-19H,14H2,1-5H3/t18?,19-/m1/s1. The SMILES string of the molecule is CC(C)CC1C=C[C@H](c2nccs2)N1C(=O)c1ccc(C(C)(C)C)cc1. The van der Waals surface area contributed by atoms with Crippen molar-refractivity contribution in [1.29, 1.82) is 0 Å². The molecule has 1 aromatic carbocycles. The smallest absolute Gasteiger partial charge is 0.255 e. The highest BCUT2D eigenvalue weighted by Crippen LogP contribution is 2.35. The fourth-order valence-corrected chi connectivity index (χ4v) is 4.14. The molecule has 4 heteroatoms. The largest absolute Gasteiger partial charge is 0.319 e. The zero-order valence-electron chi connectivity index (χ0n) is 16.3. The van der Waals surface area contributed by atoms with Crippen molar-refractivity contribution in [2.75, 3.05) is 0 Å². The summed E-state index contributed by atoms with van der Waals surface area (Å²) in [7, 11) is 0. The van der Waals surface area contributed by atoms with Crippen LogP contribution in [-0.4, -0.2) is 21.8 Å². The normalized spacial score (nSPS) is 20.2. The van der Waals surface area contributed by atoms with Gasteiger partial charge in [-0.05, 0) is 35.4 Å². The average molecular weight is 369 g/mol. The minimum atomic E-state index is -0.0615. The van der Waals surface area contributed by atoms with Crippen LogP contribution in [0.4, 0.5) is 0 Å². The van der Waals surface area contributed by atoms with Crippen molar-refractivity contribution in [2.45, 2.75) is 58.5 Å². The van der Waals surface area contributed by atoms with Gasteiger partial charge in [0.1, 0.15) is 11.0 Å². The molecule has 1 aliphatic heterocycles. The van der Waals surface area contributed by atoms with Crippen LogP contribution in [0.5, 0.6) is 0 Å². The summed E-state index contributed by atoms with van der Waals surface area (Å²) in [5.74, 6) is 0.611. The van der Waals surface area contributed by atoms with Crippen molar-refractivity contribution in [3.8, 4) is 0 Å². The third kappa shape index (κ3) is 3.90. The van der Waals surface area contributed by atoms with Gasteiger partial charge in [-0.25, -0.2) is 4.98 Å². The van der Waals surface area contributed by atoms with E-state index in [1.54, 1.807) is 11.3 Å². The van der Waals surface area contributed by atoms with Crippen molar-refractivity contribution in [1.82, 2.24) is 9.88 Å². The first-order chi connectivity index (χ1) is 12.3. The maximum Gasteiger partial charge on any atom is 0.255 e. The van der Waals surface area contributed by atoms with Crippen LogP contribution in [0.15, 0.2) is 48.0 Å². The first-order valence-electron chi connectivity index (χ1n) is 9.28. The van der Waals surface area contributed by atoms with Gasteiger partial charge in [0.2, 0.25) is 0 Å². The highest BCUT2D eigenvalue weighted by atomic mass is 32.1. The molecule has 0 bridgehead atoms. The van der Waals surface area contributed by atoms with Crippen LogP contribution < -0.4 is 0 Å². The Hall–Kier alpha value is -1.94. The molecule has 0 spiro atoms. The van der Waals surface area contributed by atoms with E-state index in [-0.39, 0.29) is 23.4 Å². The number of nitrogens with zero attached hydrogens (tertiary/aromatic N) is 2. The summed E-state index contributed by atoms with van der Waals surface area (Å²) in [5.41, 5.74) is 2.07. The van der Waals surface area contributed by atoms with Crippen LogP contribution in [0.25, 0.3) is 0 Å². The number of amides is 1. The Kier molecular flexibility index (Phi) is 5.33. The molecule has 1 aliphatic rings. The van der Waals surface area contributed by atoms with E-state index in [1.165, 1.54) is 5.56 Å². The second-order valence-electron chi connectivity index (χ2n) is 8.44. The van der Waals surface area contributed by atoms with E-state index in [0.29, 0.717) is 5.92 Å². The molecule has 3 nitrogen and oxygen atoms in total. The molecule has 0 aliphatic carbocycles. The number of thiazole rings is 1. The third-order valence-electron chi connectivity index (χ3n) is 4.82. The molecular weight excluding hydrogens is 340 g/mol. The monoisotopic (exact) mass is 368 g/mol. The van der Waals surface area contributed by atoms with Gasteiger partial charge in [0.15, 0.2) is 0 Å². The van der Waals surface area contributed by atoms with Gasteiger partial charge < -0.3 is 4.90 Å². The molecule has 0 saturated heterocycles. The van der Waals surface area contributed by atoms with Gasteiger partial charge in [-0.15, -0.1) is 11.3 Å². The van der Waals surface area contributed by atoms with E-state index >= 15 is 0 Å². The van der Waals surface area contributed by atoms with Gasteiger partial charge in [0, 0.05) is 17.1 Å². The summed E-state index contributed by atoms with van der Waals surface area (Å²) < 4.78 is 0. The molecular formula is C22H28N2OS. The zero-order valence-corrected chi connectivity index (χ0v) is 17.1. The molecule has 1 amide bonds. The molecule has 3 rings (SSSR count). The minimum absolute atomic E-state index is 0.0615. The van der Waals surface area contributed by atoms with Gasteiger partial charge in [0.05, 0.1) is 6.04 Å². The van der Waals surface area contributed by atoms with Crippen molar-refractivity contribution >= 4 is 17.2 Å². The third-order valence-corrected chi connectivity index (χ3v) is 5.67. The second-order valence-corrected chi connectivity index (χ2v) is 9.36. The fourth-order valence-electron chi connectivity index (χ4n) is 3.42. The Balaban J connectivity index is 1.90. The summed E-state index contributed by atoms with van der Waals surface area (Å²) in [4.78, 5) is 19.8. The Morgan fingerprint density at radius 1 is 1.19 bits per heavy atom. The number of benzene rings is 1. The topological polar surface area (TPSA) is 33.2 Å². The molecule has 0 fully saturated rings. The van der Waals surface area contributed by atoms with E-state index in [1.807, 2.05) is 28.6 Å². The maximum absolute atomic E-state index is 13.4. The predicted octanol–water partition coefficient (Wildman–Crippen LogP) is 5.61. The molecule has 2 aromatic rings. The Bertz CT molecular complexity index is 769. The lowest BCUT2D eigenvalue weighted by molar-refractivity contribution is 0.0668. The van der Waals surface area contributed by atoms with Gasteiger partial charge in [-0.2, -0.15) is 0 Å². The van der Waals surface area contributed by atoms with Gasteiger partial charge in [-0.3, -0.25) is 4.79 Å². The van der Waals surface area contributed by atoms with Crippen LogP contribution in [0.2, 0.25) is 0 Å². The summed E-state index contributed by atoms with van der Waals surface area (Å²) in [6.45, 7) is 11.0. The summed E-state index contributed by atoms with van der Waals surface area (Å²) in [5, 5.41) is 2.95. The first-order valence-corrected chi connectivity index (χ1v) is 10.2. The van der Waals surface area contributed by atoms with Crippen molar-refractivity contribution < 1.29 is 4.79 Å². The lowest BCUT2D eigenvalue weighted by Crippen LogP contribution is -2.38. The lowest BCUT2D eigenvalue weighted by Gasteiger charge is -2.31. The molecule has 1 unspecified atom stereocenters. The number of hydrogen-bond donors (Lipinski definition) is 0. The van der Waals surface area contributed by atoms with Crippen LogP contribution in [-0.2, 0) is 5.41 Å². The second kappa shape index (κ2) is 7.36.